The summed E-state index contributed by atoms with van der Waals surface area (Å²) in [7, 11) is 1.53. The molecule has 6 heteroatoms. The highest BCUT2D eigenvalue weighted by Gasteiger charge is 2.33. The van der Waals surface area contributed by atoms with E-state index in [1.165, 1.54) is 12.0 Å². The predicted octanol–water partition coefficient (Wildman–Crippen LogP) is -0.598. The summed E-state index contributed by atoms with van der Waals surface area (Å²) in [4.78, 5) is 24.2. The molecule has 1 aliphatic heterocycles. The van der Waals surface area contributed by atoms with Crippen LogP contribution in [0.1, 0.15) is 6.92 Å². The number of ether oxygens (including phenoxy) is 1. The third-order valence-corrected chi connectivity index (χ3v) is 3.04. The molecule has 1 saturated heterocycles. The highest BCUT2D eigenvalue weighted by atomic mass is 16.5. The van der Waals surface area contributed by atoms with E-state index >= 15 is 0 Å². The van der Waals surface area contributed by atoms with Crippen LogP contribution in [0.2, 0.25) is 0 Å². The summed E-state index contributed by atoms with van der Waals surface area (Å²) in [5.41, 5.74) is 0. The van der Waals surface area contributed by atoms with Gasteiger partial charge in [0, 0.05) is 20.2 Å². The molecule has 2 atom stereocenters. The van der Waals surface area contributed by atoms with Crippen molar-refractivity contribution in [2.24, 2.45) is 11.8 Å². The summed E-state index contributed by atoms with van der Waals surface area (Å²) in [6, 6.07) is 0. The maximum atomic E-state index is 12.2. The summed E-state index contributed by atoms with van der Waals surface area (Å²) >= 11 is 0. The second kappa shape index (κ2) is 6.56. The molecule has 1 rings (SSSR count). The van der Waals surface area contributed by atoms with Crippen molar-refractivity contribution in [1.82, 2.24) is 10.2 Å². The average Bonchev–Trinajstić information content (AvgIpc) is 2.69. The number of aliphatic carboxylic acids is 1. The SMILES string of the molecule is COCCN(CC(=O)O)C(=O)[C@@H]1CNC[C@H]1C. The van der Waals surface area contributed by atoms with Crippen LogP contribution in [0.5, 0.6) is 0 Å². The van der Waals surface area contributed by atoms with Crippen molar-refractivity contribution >= 4 is 11.9 Å². The maximum absolute atomic E-state index is 12.2. The zero-order valence-electron chi connectivity index (χ0n) is 10.3. The van der Waals surface area contributed by atoms with Crippen LogP contribution in [-0.4, -0.2) is 61.8 Å². The van der Waals surface area contributed by atoms with Gasteiger partial charge in [-0.1, -0.05) is 6.92 Å². The van der Waals surface area contributed by atoms with Gasteiger partial charge in [0.05, 0.1) is 12.5 Å². The smallest absolute Gasteiger partial charge is 0.323 e. The molecule has 0 aromatic heterocycles. The third kappa shape index (κ3) is 3.98. The average molecular weight is 244 g/mol. The monoisotopic (exact) mass is 244 g/mol. The van der Waals surface area contributed by atoms with Crippen LogP contribution < -0.4 is 5.32 Å². The molecule has 6 nitrogen and oxygen atoms in total. The molecule has 1 aliphatic rings. The topological polar surface area (TPSA) is 78.9 Å². The lowest BCUT2D eigenvalue weighted by molar-refractivity contribution is -0.147. The van der Waals surface area contributed by atoms with Crippen LogP contribution in [0, 0.1) is 11.8 Å². The zero-order chi connectivity index (χ0) is 12.8. The fraction of sp³-hybridized carbons (Fsp3) is 0.818. The number of hydrogen-bond acceptors (Lipinski definition) is 4. The maximum Gasteiger partial charge on any atom is 0.323 e. The van der Waals surface area contributed by atoms with E-state index in [1.54, 1.807) is 0 Å². The molecule has 0 saturated carbocycles. The minimum atomic E-state index is -0.993. The Morgan fingerprint density at radius 2 is 2.18 bits per heavy atom. The molecule has 0 aromatic carbocycles. The van der Waals surface area contributed by atoms with Crippen molar-refractivity contribution in [3.8, 4) is 0 Å². The molecule has 0 aromatic rings. The van der Waals surface area contributed by atoms with Gasteiger partial charge < -0.3 is 20.1 Å². The molecule has 0 unspecified atom stereocenters. The normalized spacial score (nSPS) is 23.6. The summed E-state index contributed by atoms with van der Waals surface area (Å²) in [5, 5.41) is 11.9. The van der Waals surface area contributed by atoms with E-state index in [-0.39, 0.29) is 24.3 Å². The van der Waals surface area contributed by atoms with Gasteiger partial charge in [0.15, 0.2) is 0 Å². The highest BCUT2D eigenvalue weighted by Crippen LogP contribution is 2.18. The summed E-state index contributed by atoms with van der Waals surface area (Å²) < 4.78 is 4.89. The number of carbonyl (C=O) groups is 2. The largest absolute Gasteiger partial charge is 0.480 e. The number of nitrogens with one attached hydrogen (secondary N) is 1. The van der Waals surface area contributed by atoms with Crippen molar-refractivity contribution in [2.75, 3.05) is 39.9 Å². The second-order valence-corrected chi connectivity index (χ2v) is 4.39. The van der Waals surface area contributed by atoms with Gasteiger partial charge in [-0.3, -0.25) is 9.59 Å². The molecule has 0 aliphatic carbocycles. The van der Waals surface area contributed by atoms with Gasteiger partial charge in [-0.2, -0.15) is 0 Å². The Kier molecular flexibility index (Phi) is 5.37. The van der Waals surface area contributed by atoms with E-state index in [1.807, 2.05) is 6.92 Å². The molecule has 0 bridgehead atoms. The fourth-order valence-electron chi connectivity index (χ4n) is 2.01. The molecule has 1 heterocycles. The van der Waals surface area contributed by atoms with Crippen LogP contribution in [-0.2, 0) is 14.3 Å². The number of carboxylic acids is 1. The van der Waals surface area contributed by atoms with Crippen LogP contribution in [0.4, 0.5) is 0 Å². The predicted molar refractivity (Wildman–Crippen MR) is 61.6 cm³/mol. The molecule has 1 amide bonds. The molecule has 1 fully saturated rings. The third-order valence-electron chi connectivity index (χ3n) is 3.04. The first-order chi connectivity index (χ1) is 8.06. The highest BCUT2D eigenvalue weighted by molar-refractivity contribution is 5.83. The quantitative estimate of drug-likeness (QED) is 0.652. The number of carbonyl (C=O) groups excluding carboxylic acids is 1. The van der Waals surface area contributed by atoms with Crippen molar-refractivity contribution in [1.29, 1.82) is 0 Å². The first kappa shape index (κ1) is 13.9. The summed E-state index contributed by atoms with van der Waals surface area (Å²) in [6.45, 7) is 3.85. The Balaban J connectivity index is 2.60. The lowest BCUT2D eigenvalue weighted by Gasteiger charge is -2.25. The van der Waals surface area contributed by atoms with Gasteiger partial charge in [0.2, 0.25) is 5.91 Å². The Hall–Kier alpha value is -1.14. The Morgan fingerprint density at radius 3 is 2.65 bits per heavy atom. The van der Waals surface area contributed by atoms with E-state index in [4.69, 9.17) is 9.84 Å². The first-order valence-corrected chi connectivity index (χ1v) is 5.76. The molecular weight excluding hydrogens is 224 g/mol. The van der Waals surface area contributed by atoms with Gasteiger partial charge in [-0.25, -0.2) is 0 Å². The fourth-order valence-corrected chi connectivity index (χ4v) is 2.01. The molecule has 98 valence electrons. The minimum Gasteiger partial charge on any atom is -0.480 e. The van der Waals surface area contributed by atoms with Crippen LogP contribution in [0.15, 0.2) is 0 Å². The van der Waals surface area contributed by atoms with Crippen molar-refractivity contribution in [3.05, 3.63) is 0 Å². The van der Waals surface area contributed by atoms with Gasteiger partial charge in [0.1, 0.15) is 6.54 Å². The number of rotatable bonds is 6. The van der Waals surface area contributed by atoms with E-state index in [0.717, 1.165) is 6.54 Å². The van der Waals surface area contributed by atoms with E-state index < -0.39 is 5.97 Å². The summed E-state index contributed by atoms with van der Waals surface area (Å²) in [6.07, 6.45) is 0. The van der Waals surface area contributed by atoms with Crippen molar-refractivity contribution in [3.63, 3.8) is 0 Å². The van der Waals surface area contributed by atoms with Gasteiger partial charge in [-0.05, 0) is 12.5 Å². The standard InChI is InChI=1S/C11H20N2O4/c1-8-5-12-6-9(8)11(16)13(3-4-17-2)7-10(14)15/h8-9,12H,3-7H2,1-2H3,(H,14,15)/t8-,9-/m1/s1. The molecule has 2 N–H and O–H groups in total. The van der Waals surface area contributed by atoms with Gasteiger partial charge in [-0.15, -0.1) is 0 Å². The minimum absolute atomic E-state index is 0.0954. The number of methoxy groups -OCH3 is 1. The van der Waals surface area contributed by atoms with E-state index in [0.29, 0.717) is 19.7 Å². The number of carboxylic acid groups (broad SMARTS) is 1. The van der Waals surface area contributed by atoms with Crippen LogP contribution in [0.25, 0.3) is 0 Å². The lowest BCUT2D eigenvalue weighted by Crippen LogP contribution is -2.43. The Bertz CT molecular complexity index is 283. The van der Waals surface area contributed by atoms with Gasteiger partial charge >= 0.3 is 5.97 Å². The molecular formula is C11H20N2O4. The number of nitrogens with zero attached hydrogens (tertiary/aromatic N) is 1. The van der Waals surface area contributed by atoms with Crippen molar-refractivity contribution in [2.45, 2.75) is 6.92 Å². The van der Waals surface area contributed by atoms with Crippen molar-refractivity contribution < 1.29 is 19.4 Å². The van der Waals surface area contributed by atoms with E-state index in [2.05, 4.69) is 5.32 Å². The van der Waals surface area contributed by atoms with Crippen LogP contribution >= 0.6 is 0 Å². The molecule has 0 radical (unpaired) electrons. The second-order valence-electron chi connectivity index (χ2n) is 4.39. The number of amides is 1. The summed E-state index contributed by atoms with van der Waals surface area (Å²) in [5.74, 6) is -0.956. The van der Waals surface area contributed by atoms with E-state index in [9.17, 15) is 9.59 Å². The number of hydrogen-bond donors (Lipinski definition) is 2. The Morgan fingerprint density at radius 1 is 1.47 bits per heavy atom. The molecule has 0 spiro atoms. The lowest BCUT2D eigenvalue weighted by atomic mass is 9.96. The molecule has 17 heavy (non-hydrogen) atoms. The Labute approximate surface area is 101 Å². The van der Waals surface area contributed by atoms with Gasteiger partial charge in [0.25, 0.3) is 0 Å². The zero-order valence-corrected chi connectivity index (χ0v) is 10.3. The first-order valence-electron chi connectivity index (χ1n) is 5.76. The van der Waals surface area contributed by atoms with Crippen LogP contribution in [0.3, 0.4) is 0 Å².